The molecule has 0 fully saturated rings. The lowest BCUT2D eigenvalue weighted by molar-refractivity contribution is -0.697. The first kappa shape index (κ1) is 22.2. The molecule has 0 aliphatic rings. The normalized spacial score (nSPS) is 11.2. The zero-order valence-electron chi connectivity index (χ0n) is 17.5. The molecular weight excluding hydrogens is 302 g/mol. The number of aryl methyl sites for hydroxylation is 3. The van der Waals surface area contributed by atoms with Gasteiger partial charge >= 0.3 is 0 Å². The smallest absolute Gasteiger partial charge is 0.172 e. The van der Waals surface area contributed by atoms with Crippen LogP contribution in [0.15, 0.2) is 18.5 Å². The van der Waals surface area contributed by atoms with Crippen molar-refractivity contribution >= 4 is 0 Å². The van der Waals surface area contributed by atoms with E-state index >= 15 is 0 Å². The van der Waals surface area contributed by atoms with E-state index in [-0.39, 0.29) is 0 Å². The molecule has 1 aromatic heterocycles. The van der Waals surface area contributed by atoms with Gasteiger partial charge in [-0.05, 0) is 24.8 Å². The van der Waals surface area contributed by atoms with Gasteiger partial charge in [0.1, 0.15) is 6.54 Å². The predicted octanol–water partition coefficient (Wildman–Crippen LogP) is 7.19. The molecule has 0 atom stereocenters. The quantitative estimate of drug-likeness (QED) is 0.220. The summed E-state index contributed by atoms with van der Waals surface area (Å²) in [5, 5.41) is 0. The van der Waals surface area contributed by atoms with Gasteiger partial charge in [0, 0.05) is 18.1 Å². The fourth-order valence-corrected chi connectivity index (χ4v) is 3.72. The van der Waals surface area contributed by atoms with Crippen molar-refractivity contribution in [1.82, 2.24) is 0 Å². The lowest BCUT2D eigenvalue weighted by Gasteiger charge is -2.07. The van der Waals surface area contributed by atoms with Gasteiger partial charge in [-0.3, -0.25) is 0 Å². The molecule has 1 nitrogen and oxygen atoms in total. The van der Waals surface area contributed by atoms with Crippen LogP contribution in [0.2, 0.25) is 0 Å². The fraction of sp³-hybridized carbons (Fsp3) is 0.792. The van der Waals surface area contributed by atoms with Gasteiger partial charge in [0.15, 0.2) is 12.4 Å². The maximum atomic E-state index is 2.43. The van der Waals surface area contributed by atoms with Crippen LogP contribution in [-0.4, -0.2) is 0 Å². The van der Waals surface area contributed by atoms with Crippen LogP contribution in [0.25, 0.3) is 0 Å². The van der Waals surface area contributed by atoms with E-state index in [1.165, 1.54) is 103 Å². The summed E-state index contributed by atoms with van der Waals surface area (Å²) in [5.41, 5.74) is 3.15. The Bertz CT molecular complexity index is 424. The molecular formula is C24H44N+. The molecule has 1 heterocycles. The van der Waals surface area contributed by atoms with Crippen LogP contribution in [0.1, 0.15) is 115 Å². The Morgan fingerprint density at radius 3 is 1.68 bits per heavy atom. The summed E-state index contributed by atoms with van der Waals surface area (Å²) in [5.74, 6) is 0. The Labute approximate surface area is 158 Å². The van der Waals surface area contributed by atoms with Gasteiger partial charge in [-0.25, -0.2) is 4.57 Å². The molecule has 0 saturated heterocycles. The van der Waals surface area contributed by atoms with Gasteiger partial charge < -0.3 is 0 Å². The van der Waals surface area contributed by atoms with E-state index in [1.807, 2.05) is 0 Å². The van der Waals surface area contributed by atoms with E-state index in [2.05, 4.69) is 43.8 Å². The second kappa shape index (κ2) is 15.4. The SMILES string of the molecule is CCCCCCCCCCCCC[n+]1ccc(CCC)c(CCC)c1. The molecule has 0 radical (unpaired) electrons. The molecule has 1 aromatic rings. The summed E-state index contributed by atoms with van der Waals surface area (Å²) in [7, 11) is 0. The average molecular weight is 347 g/mol. The molecule has 0 aliphatic heterocycles. The van der Waals surface area contributed by atoms with E-state index in [0.29, 0.717) is 0 Å². The number of pyridine rings is 1. The Morgan fingerprint density at radius 2 is 1.12 bits per heavy atom. The summed E-state index contributed by atoms with van der Waals surface area (Å²) in [6.45, 7) is 8.06. The van der Waals surface area contributed by atoms with Crippen LogP contribution in [0.4, 0.5) is 0 Å². The van der Waals surface area contributed by atoms with Gasteiger partial charge in [0.2, 0.25) is 0 Å². The first-order valence-electron chi connectivity index (χ1n) is 11.3. The molecule has 25 heavy (non-hydrogen) atoms. The van der Waals surface area contributed by atoms with Gasteiger partial charge in [0.05, 0.1) is 0 Å². The van der Waals surface area contributed by atoms with Crippen molar-refractivity contribution in [1.29, 1.82) is 0 Å². The molecule has 0 spiro atoms. The van der Waals surface area contributed by atoms with Crippen molar-refractivity contribution in [3.05, 3.63) is 29.6 Å². The van der Waals surface area contributed by atoms with Crippen LogP contribution in [0, 0.1) is 0 Å². The van der Waals surface area contributed by atoms with Gasteiger partial charge in [-0.15, -0.1) is 0 Å². The Kier molecular flexibility index (Phi) is 13.7. The molecule has 0 amide bonds. The summed E-state index contributed by atoms with van der Waals surface area (Å²) < 4.78 is 2.43. The third-order valence-corrected chi connectivity index (χ3v) is 5.26. The van der Waals surface area contributed by atoms with Gasteiger partial charge in [0.25, 0.3) is 0 Å². The number of rotatable bonds is 16. The molecule has 144 valence electrons. The van der Waals surface area contributed by atoms with E-state index in [0.717, 1.165) is 0 Å². The molecule has 0 unspecified atom stereocenters. The number of nitrogens with zero attached hydrogens (tertiary/aromatic N) is 1. The first-order valence-corrected chi connectivity index (χ1v) is 11.3. The van der Waals surface area contributed by atoms with Crippen molar-refractivity contribution in [3.8, 4) is 0 Å². The van der Waals surface area contributed by atoms with Crippen LogP contribution < -0.4 is 4.57 Å². The van der Waals surface area contributed by atoms with Crippen LogP contribution in [-0.2, 0) is 19.4 Å². The highest BCUT2D eigenvalue weighted by atomic mass is 14.9. The summed E-state index contributed by atoms with van der Waals surface area (Å²) in [4.78, 5) is 0. The molecule has 1 heteroatoms. The average Bonchev–Trinajstić information content (AvgIpc) is 2.62. The topological polar surface area (TPSA) is 3.88 Å². The first-order chi connectivity index (χ1) is 12.3. The maximum Gasteiger partial charge on any atom is 0.172 e. The molecule has 0 aromatic carbocycles. The van der Waals surface area contributed by atoms with Gasteiger partial charge in [-0.1, -0.05) is 91.4 Å². The standard InChI is InChI=1S/C24H44N/c1-4-7-8-9-10-11-12-13-14-15-16-20-25-21-19-23(17-5-2)24(22-25)18-6-3/h19,21-22H,4-18,20H2,1-3H3/q+1. The number of hydrogen-bond donors (Lipinski definition) is 0. The van der Waals surface area contributed by atoms with Crippen LogP contribution in [0.3, 0.4) is 0 Å². The number of unbranched alkanes of at least 4 members (excludes halogenated alkanes) is 10. The van der Waals surface area contributed by atoms with Crippen molar-refractivity contribution < 1.29 is 4.57 Å². The Balaban J connectivity index is 2.12. The number of aromatic nitrogens is 1. The molecule has 0 N–H and O–H groups in total. The minimum Gasteiger partial charge on any atom is -0.205 e. The molecule has 1 rings (SSSR count). The number of hydrogen-bond acceptors (Lipinski definition) is 0. The van der Waals surface area contributed by atoms with Crippen LogP contribution >= 0.6 is 0 Å². The monoisotopic (exact) mass is 346 g/mol. The predicted molar refractivity (Wildman–Crippen MR) is 111 cm³/mol. The molecule has 0 bridgehead atoms. The van der Waals surface area contributed by atoms with E-state index < -0.39 is 0 Å². The van der Waals surface area contributed by atoms with E-state index in [9.17, 15) is 0 Å². The summed E-state index contributed by atoms with van der Waals surface area (Å²) in [6.07, 6.45) is 25.3. The van der Waals surface area contributed by atoms with Crippen LogP contribution in [0.5, 0.6) is 0 Å². The van der Waals surface area contributed by atoms with Crippen molar-refractivity contribution in [2.75, 3.05) is 0 Å². The lowest BCUT2D eigenvalue weighted by atomic mass is 10.0. The third kappa shape index (κ3) is 10.7. The lowest BCUT2D eigenvalue weighted by Crippen LogP contribution is -2.33. The second-order valence-electron chi connectivity index (χ2n) is 7.77. The highest BCUT2D eigenvalue weighted by Gasteiger charge is 2.08. The third-order valence-electron chi connectivity index (χ3n) is 5.26. The summed E-state index contributed by atoms with van der Waals surface area (Å²) in [6, 6.07) is 2.37. The summed E-state index contributed by atoms with van der Waals surface area (Å²) >= 11 is 0. The second-order valence-corrected chi connectivity index (χ2v) is 7.77. The van der Waals surface area contributed by atoms with Gasteiger partial charge in [-0.2, -0.15) is 0 Å². The largest absolute Gasteiger partial charge is 0.205 e. The van der Waals surface area contributed by atoms with E-state index in [1.54, 1.807) is 11.1 Å². The zero-order chi connectivity index (χ0) is 18.2. The van der Waals surface area contributed by atoms with Crippen molar-refractivity contribution in [2.45, 2.75) is 124 Å². The highest BCUT2D eigenvalue weighted by Crippen LogP contribution is 2.13. The zero-order valence-corrected chi connectivity index (χ0v) is 17.5. The maximum absolute atomic E-state index is 2.43. The van der Waals surface area contributed by atoms with Crippen molar-refractivity contribution in [3.63, 3.8) is 0 Å². The Hall–Kier alpha value is -0.850. The highest BCUT2D eigenvalue weighted by molar-refractivity contribution is 5.21. The van der Waals surface area contributed by atoms with Crippen molar-refractivity contribution in [2.24, 2.45) is 0 Å². The molecule has 0 saturated carbocycles. The van der Waals surface area contributed by atoms with E-state index in [4.69, 9.17) is 0 Å². The minimum absolute atomic E-state index is 1.19. The molecule has 0 aliphatic carbocycles. The fourth-order valence-electron chi connectivity index (χ4n) is 3.72. The Morgan fingerprint density at radius 1 is 0.600 bits per heavy atom. The minimum atomic E-state index is 1.19.